The SMILES string of the molecule is O=C(O)c1ccc(-c2nc(CN3CCCC(n4ccnn4)C3)cs2)cc1. The van der Waals surface area contributed by atoms with E-state index in [0.29, 0.717) is 6.04 Å². The van der Waals surface area contributed by atoms with Gasteiger partial charge in [0.2, 0.25) is 0 Å². The van der Waals surface area contributed by atoms with Crippen LogP contribution in [0, 0.1) is 0 Å². The number of hydrogen-bond donors (Lipinski definition) is 1. The minimum Gasteiger partial charge on any atom is -0.478 e. The lowest BCUT2D eigenvalue weighted by atomic mass is 10.1. The summed E-state index contributed by atoms with van der Waals surface area (Å²) < 4.78 is 1.95. The Morgan fingerprint density at radius 2 is 2.15 bits per heavy atom. The maximum atomic E-state index is 11.0. The summed E-state index contributed by atoms with van der Waals surface area (Å²) in [6, 6.07) is 7.23. The molecule has 0 saturated carbocycles. The Morgan fingerprint density at radius 1 is 1.31 bits per heavy atom. The van der Waals surface area contributed by atoms with Gasteiger partial charge in [0.25, 0.3) is 0 Å². The van der Waals surface area contributed by atoms with Crippen LogP contribution in [-0.4, -0.2) is 49.0 Å². The van der Waals surface area contributed by atoms with E-state index in [0.717, 1.165) is 48.7 Å². The van der Waals surface area contributed by atoms with Crippen molar-refractivity contribution in [3.63, 3.8) is 0 Å². The van der Waals surface area contributed by atoms with Crippen LogP contribution in [0.1, 0.15) is 34.9 Å². The highest BCUT2D eigenvalue weighted by atomic mass is 32.1. The molecule has 26 heavy (non-hydrogen) atoms. The van der Waals surface area contributed by atoms with Crippen LogP contribution < -0.4 is 0 Å². The molecular weight excluding hydrogens is 350 g/mol. The molecule has 8 heteroatoms. The lowest BCUT2D eigenvalue weighted by Crippen LogP contribution is -2.36. The van der Waals surface area contributed by atoms with Crippen LogP contribution in [0.4, 0.5) is 0 Å². The minimum atomic E-state index is -0.914. The van der Waals surface area contributed by atoms with Gasteiger partial charge in [0, 0.05) is 30.2 Å². The molecule has 1 aromatic carbocycles. The molecule has 3 heterocycles. The van der Waals surface area contributed by atoms with E-state index in [9.17, 15) is 4.79 Å². The van der Waals surface area contributed by atoms with Gasteiger partial charge in [-0.15, -0.1) is 16.4 Å². The lowest BCUT2D eigenvalue weighted by molar-refractivity contribution is 0.0697. The van der Waals surface area contributed by atoms with Crippen molar-refractivity contribution in [3.8, 4) is 10.6 Å². The number of aromatic nitrogens is 4. The summed E-state index contributed by atoms with van der Waals surface area (Å²) in [5.41, 5.74) is 2.29. The Bertz CT molecular complexity index is 875. The van der Waals surface area contributed by atoms with Gasteiger partial charge in [-0.2, -0.15) is 0 Å². The van der Waals surface area contributed by atoms with E-state index in [-0.39, 0.29) is 5.56 Å². The van der Waals surface area contributed by atoms with Gasteiger partial charge >= 0.3 is 5.97 Å². The van der Waals surface area contributed by atoms with Gasteiger partial charge in [0.15, 0.2) is 0 Å². The first kappa shape index (κ1) is 16.9. The van der Waals surface area contributed by atoms with Crippen molar-refractivity contribution in [2.24, 2.45) is 0 Å². The minimum absolute atomic E-state index is 0.290. The molecular formula is C18H19N5O2S. The van der Waals surface area contributed by atoms with Gasteiger partial charge in [0.05, 0.1) is 23.5 Å². The molecule has 1 fully saturated rings. The summed E-state index contributed by atoms with van der Waals surface area (Å²) in [5.74, 6) is -0.914. The number of hydrogen-bond acceptors (Lipinski definition) is 6. The molecule has 0 aliphatic carbocycles. The Balaban J connectivity index is 1.42. The maximum Gasteiger partial charge on any atom is 0.335 e. The standard InChI is InChI=1S/C18H19N5O2S/c24-18(25)14-5-3-13(4-6-14)17-20-15(12-26-17)10-22-8-1-2-16(11-22)23-9-7-19-21-23/h3-7,9,12,16H,1-2,8,10-11H2,(H,24,25). The van der Waals surface area contributed by atoms with Gasteiger partial charge < -0.3 is 5.11 Å². The second-order valence-corrected chi connectivity index (χ2v) is 7.30. The summed E-state index contributed by atoms with van der Waals surface area (Å²) in [4.78, 5) is 18.1. The fourth-order valence-corrected chi connectivity index (χ4v) is 4.12. The van der Waals surface area contributed by atoms with Crippen molar-refractivity contribution >= 4 is 17.3 Å². The summed E-state index contributed by atoms with van der Waals surface area (Å²) in [6.45, 7) is 2.82. The predicted molar refractivity (Wildman–Crippen MR) is 98.1 cm³/mol. The van der Waals surface area contributed by atoms with Crippen molar-refractivity contribution in [3.05, 3.63) is 53.3 Å². The molecule has 1 atom stereocenters. The fraction of sp³-hybridized carbons (Fsp3) is 0.333. The molecule has 3 aromatic rings. The average Bonchev–Trinajstić information content (AvgIpc) is 3.34. The number of aromatic carboxylic acids is 1. The summed E-state index contributed by atoms with van der Waals surface area (Å²) in [6.07, 6.45) is 5.91. The highest BCUT2D eigenvalue weighted by Crippen LogP contribution is 2.26. The van der Waals surface area contributed by atoms with Gasteiger partial charge in [-0.25, -0.2) is 14.5 Å². The van der Waals surface area contributed by atoms with Crippen LogP contribution in [-0.2, 0) is 6.54 Å². The molecule has 2 aromatic heterocycles. The first-order valence-corrected chi connectivity index (χ1v) is 9.43. The van der Waals surface area contributed by atoms with Crippen molar-refractivity contribution < 1.29 is 9.90 Å². The van der Waals surface area contributed by atoms with E-state index in [4.69, 9.17) is 10.1 Å². The van der Waals surface area contributed by atoms with Crippen LogP contribution in [0.5, 0.6) is 0 Å². The molecule has 1 unspecified atom stereocenters. The zero-order valence-electron chi connectivity index (χ0n) is 14.2. The molecule has 0 radical (unpaired) electrons. The normalized spacial score (nSPS) is 18.1. The van der Waals surface area contributed by atoms with E-state index >= 15 is 0 Å². The van der Waals surface area contributed by atoms with Gasteiger partial charge in [-0.05, 0) is 31.5 Å². The third-order valence-corrected chi connectivity index (χ3v) is 5.55. The highest BCUT2D eigenvalue weighted by Gasteiger charge is 2.22. The highest BCUT2D eigenvalue weighted by molar-refractivity contribution is 7.13. The molecule has 1 saturated heterocycles. The molecule has 0 bridgehead atoms. The number of carboxylic acids is 1. The smallest absolute Gasteiger partial charge is 0.335 e. The summed E-state index contributed by atoms with van der Waals surface area (Å²) >= 11 is 1.59. The Morgan fingerprint density at radius 3 is 2.88 bits per heavy atom. The quantitative estimate of drug-likeness (QED) is 0.744. The average molecular weight is 369 g/mol. The molecule has 7 nitrogen and oxygen atoms in total. The first-order valence-electron chi connectivity index (χ1n) is 8.55. The van der Waals surface area contributed by atoms with Crippen molar-refractivity contribution in [1.82, 2.24) is 24.9 Å². The summed E-state index contributed by atoms with van der Waals surface area (Å²) in [5, 5.41) is 20.0. The number of likely N-dealkylation sites (tertiary alicyclic amines) is 1. The molecule has 134 valence electrons. The van der Waals surface area contributed by atoms with E-state index < -0.39 is 5.97 Å². The molecule has 0 amide bonds. The van der Waals surface area contributed by atoms with Crippen LogP contribution in [0.15, 0.2) is 42.0 Å². The van der Waals surface area contributed by atoms with E-state index in [1.165, 1.54) is 0 Å². The summed E-state index contributed by atoms with van der Waals surface area (Å²) in [7, 11) is 0. The third kappa shape index (κ3) is 3.66. The molecule has 1 N–H and O–H groups in total. The third-order valence-electron chi connectivity index (χ3n) is 4.61. The van der Waals surface area contributed by atoms with E-state index in [1.54, 1.807) is 29.7 Å². The fourth-order valence-electron chi connectivity index (χ4n) is 3.30. The van der Waals surface area contributed by atoms with Crippen LogP contribution in [0.2, 0.25) is 0 Å². The maximum absolute atomic E-state index is 11.0. The number of thiazole rings is 1. The van der Waals surface area contributed by atoms with Gasteiger partial charge in [-0.1, -0.05) is 17.3 Å². The monoisotopic (exact) mass is 369 g/mol. The van der Waals surface area contributed by atoms with Crippen LogP contribution >= 0.6 is 11.3 Å². The first-order chi connectivity index (χ1) is 12.7. The van der Waals surface area contributed by atoms with Gasteiger partial charge in [-0.3, -0.25) is 4.90 Å². The number of carbonyl (C=O) groups is 1. The number of rotatable bonds is 5. The number of nitrogens with zero attached hydrogens (tertiary/aromatic N) is 5. The van der Waals surface area contributed by atoms with Crippen LogP contribution in [0.25, 0.3) is 10.6 Å². The predicted octanol–water partition coefficient (Wildman–Crippen LogP) is 2.94. The molecule has 4 rings (SSSR count). The van der Waals surface area contributed by atoms with E-state index in [1.807, 2.05) is 23.0 Å². The molecule has 1 aliphatic heterocycles. The zero-order chi connectivity index (χ0) is 17.9. The zero-order valence-corrected chi connectivity index (χ0v) is 15.0. The largest absolute Gasteiger partial charge is 0.478 e. The van der Waals surface area contributed by atoms with E-state index in [2.05, 4.69) is 20.6 Å². The topological polar surface area (TPSA) is 84.1 Å². The number of carboxylic acid groups (broad SMARTS) is 1. The lowest BCUT2D eigenvalue weighted by Gasteiger charge is -2.31. The Hall–Kier alpha value is -2.58. The second-order valence-electron chi connectivity index (χ2n) is 6.44. The number of benzene rings is 1. The Labute approximate surface area is 154 Å². The van der Waals surface area contributed by atoms with Crippen molar-refractivity contribution in [2.45, 2.75) is 25.4 Å². The molecule has 0 spiro atoms. The van der Waals surface area contributed by atoms with Gasteiger partial charge in [0.1, 0.15) is 5.01 Å². The van der Waals surface area contributed by atoms with Crippen molar-refractivity contribution in [1.29, 1.82) is 0 Å². The van der Waals surface area contributed by atoms with Crippen molar-refractivity contribution in [2.75, 3.05) is 13.1 Å². The number of piperidine rings is 1. The second kappa shape index (κ2) is 7.35. The Kier molecular flexibility index (Phi) is 4.77. The van der Waals surface area contributed by atoms with Crippen LogP contribution in [0.3, 0.4) is 0 Å². The molecule has 1 aliphatic rings.